The van der Waals surface area contributed by atoms with Crippen molar-refractivity contribution in [2.45, 2.75) is 25.8 Å². The molecule has 0 bridgehead atoms. The van der Waals surface area contributed by atoms with E-state index in [1.54, 1.807) is 7.11 Å². The van der Waals surface area contributed by atoms with Crippen LogP contribution in [0.25, 0.3) is 0 Å². The molecule has 1 aromatic carbocycles. The summed E-state index contributed by atoms with van der Waals surface area (Å²) >= 11 is 0. The summed E-state index contributed by atoms with van der Waals surface area (Å²) in [4.78, 5) is 0. The van der Waals surface area contributed by atoms with E-state index in [-0.39, 0.29) is 0 Å². The van der Waals surface area contributed by atoms with Crippen molar-refractivity contribution in [2.75, 3.05) is 19.0 Å². The van der Waals surface area contributed by atoms with E-state index in [0.717, 1.165) is 5.69 Å². The largest absolute Gasteiger partial charge is 0.381 e. The first-order valence-corrected chi connectivity index (χ1v) is 5.41. The Hall–Kier alpha value is -1.53. The van der Waals surface area contributed by atoms with E-state index in [2.05, 4.69) is 11.4 Å². The molecule has 0 fully saturated rings. The smallest absolute Gasteiger partial charge is 0.148 e. The first kappa shape index (κ1) is 12.5. The highest BCUT2D eigenvalue weighted by Crippen LogP contribution is 2.19. The standard InChI is InChI=1S/C13H18N2O/c1-4-13(9-14,10-16-3)15-12-7-5-11(2)6-8-12/h5-8,15H,4,10H2,1-3H3. The van der Waals surface area contributed by atoms with Gasteiger partial charge in [-0.1, -0.05) is 24.6 Å². The first-order chi connectivity index (χ1) is 7.65. The quantitative estimate of drug-likeness (QED) is 0.826. The van der Waals surface area contributed by atoms with Crippen LogP contribution in [-0.4, -0.2) is 19.3 Å². The molecule has 0 aromatic heterocycles. The van der Waals surface area contributed by atoms with E-state index in [9.17, 15) is 5.26 Å². The monoisotopic (exact) mass is 218 g/mol. The molecule has 3 heteroatoms. The summed E-state index contributed by atoms with van der Waals surface area (Å²) in [6.45, 7) is 4.40. The van der Waals surface area contributed by atoms with E-state index < -0.39 is 5.54 Å². The van der Waals surface area contributed by atoms with Gasteiger partial charge in [0.15, 0.2) is 0 Å². The molecule has 0 spiro atoms. The van der Waals surface area contributed by atoms with E-state index in [1.807, 2.05) is 38.1 Å². The molecule has 1 atom stereocenters. The Labute approximate surface area is 97.0 Å². The van der Waals surface area contributed by atoms with Gasteiger partial charge in [0.25, 0.3) is 0 Å². The molecule has 0 heterocycles. The molecule has 86 valence electrons. The van der Waals surface area contributed by atoms with Crippen molar-refractivity contribution in [3.8, 4) is 6.07 Å². The summed E-state index contributed by atoms with van der Waals surface area (Å²) in [5, 5.41) is 12.5. The van der Waals surface area contributed by atoms with Crippen LogP contribution in [0.4, 0.5) is 5.69 Å². The molecule has 0 saturated carbocycles. The third kappa shape index (κ3) is 2.98. The zero-order chi connectivity index (χ0) is 12.0. The lowest BCUT2D eigenvalue weighted by molar-refractivity contribution is 0.162. The molecule has 0 saturated heterocycles. The fourth-order valence-electron chi connectivity index (χ4n) is 1.53. The van der Waals surface area contributed by atoms with Crippen molar-refractivity contribution < 1.29 is 4.74 Å². The van der Waals surface area contributed by atoms with Gasteiger partial charge in [0.05, 0.1) is 12.7 Å². The molecular formula is C13H18N2O. The van der Waals surface area contributed by atoms with Crippen molar-refractivity contribution in [1.29, 1.82) is 5.26 Å². The number of hydrogen-bond donors (Lipinski definition) is 1. The minimum Gasteiger partial charge on any atom is -0.381 e. The number of hydrogen-bond acceptors (Lipinski definition) is 3. The van der Waals surface area contributed by atoms with Gasteiger partial charge in [-0.15, -0.1) is 0 Å². The highest BCUT2D eigenvalue weighted by molar-refractivity contribution is 5.48. The average molecular weight is 218 g/mol. The Morgan fingerprint density at radius 3 is 2.44 bits per heavy atom. The second-order valence-corrected chi connectivity index (χ2v) is 3.97. The number of aryl methyl sites for hydroxylation is 1. The maximum absolute atomic E-state index is 9.23. The first-order valence-electron chi connectivity index (χ1n) is 5.41. The van der Waals surface area contributed by atoms with Gasteiger partial charge in [-0.25, -0.2) is 0 Å². The summed E-state index contributed by atoms with van der Waals surface area (Å²) in [5.41, 5.74) is 1.52. The zero-order valence-corrected chi connectivity index (χ0v) is 10.1. The SMILES string of the molecule is CCC(C#N)(COC)Nc1ccc(C)cc1. The average Bonchev–Trinajstić information content (AvgIpc) is 2.31. The maximum atomic E-state index is 9.23. The van der Waals surface area contributed by atoms with Gasteiger partial charge in [0.2, 0.25) is 0 Å². The minimum atomic E-state index is -0.635. The van der Waals surface area contributed by atoms with Gasteiger partial charge < -0.3 is 10.1 Å². The molecule has 3 nitrogen and oxygen atoms in total. The number of nitrogens with zero attached hydrogens (tertiary/aromatic N) is 1. The Balaban J connectivity index is 2.83. The maximum Gasteiger partial charge on any atom is 0.148 e. The van der Waals surface area contributed by atoms with E-state index >= 15 is 0 Å². The van der Waals surface area contributed by atoms with Gasteiger partial charge in [-0.3, -0.25) is 0 Å². The van der Waals surface area contributed by atoms with Crippen LogP contribution in [0.5, 0.6) is 0 Å². The van der Waals surface area contributed by atoms with Crippen molar-refractivity contribution in [3.05, 3.63) is 29.8 Å². The number of benzene rings is 1. The zero-order valence-electron chi connectivity index (χ0n) is 10.1. The lowest BCUT2D eigenvalue weighted by atomic mass is 9.98. The number of nitrogens with one attached hydrogen (secondary N) is 1. The Morgan fingerprint density at radius 1 is 1.38 bits per heavy atom. The third-order valence-electron chi connectivity index (χ3n) is 2.64. The molecule has 1 N–H and O–H groups in total. The Bertz CT molecular complexity index is 367. The number of rotatable bonds is 5. The topological polar surface area (TPSA) is 45.0 Å². The van der Waals surface area contributed by atoms with Crippen LogP contribution in [0.15, 0.2) is 24.3 Å². The van der Waals surface area contributed by atoms with Gasteiger partial charge in [-0.2, -0.15) is 5.26 Å². The van der Waals surface area contributed by atoms with Crippen LogP contribution < -0.4 is 5.32 Å². The van der Waals surface area contributed by atoms with Gasteiger partial charge in [-0.05, 0) is 25.5 Å². The second kappa shape index (κ2) is 5.53. The van der Waals surface area contributed by atoms with E-state index in [0.29, 0.717) is 13.0 Å². The van der Waals surface area contributed by atoms with Gasteiger partial charge >= 0.3 is 0 Å². The van der Waals surface area contributed by atoms with Crippen molar-refractivity contribution in [3.63, 3.8) is 0 Å². The normalized spacial score (nSPS) is 13.9. The highest BCUT2D eigenvalue weighted by Gasteiger charge is 2.27. The molecule has 1 rings (SSSR count). The predicted molar refractivity (Wildman–Crippen MR) is 65.3 cm³/mol. The molecule has 16 heavy (non-hydrogen) atoms. The van der Waals surface area contributed by atoms with Crippen LogP contribution in [0, 0.1) is 18.3 Å². The van der Waals surface area contributed by atoms with E-state index in [4.69, 9.17) is 4.74 Å². The number of ether oxygens (including phenoxy) is 1. The summed E-state index contributed by atoms with van der Waals surface area (Å²) in [7, 11) is 1.61. The van der Waals surface area contributed by atoms with Gasteiger partial charge in [0, 0.05) is 12.8 Å². The molecule has 0 aliphatic rings. The van der Waals surface area contributed by atoms with Crippen LogP contribution in [-0.2, 0) is 4.74 Å². The number of anilines is 1. The van der Waals surface area contributed by atoms with E-state index in [1.165, 1.54) is 5.56 Å². The summed E-state index contributed by atoms with van der Waals surface area (Å²) in [6.07, 6.45) is 0.700. The molecular weight excluding hydrogens is 200 g/mol. The van der Waals surface area contributed by atoms with Crippen LogP contribution >= 0.6 is 0 Å². The fourth-order valence-corrected chi connectivity index (χ4v) is 1.53. The van der Waals surface area contributed by atoms with Crippen LogP contribution in [0.2, 0.25) is 0 Å². The van der Waals surface area contributed by atoms with Crippen LogP contribution in [0.1, 0.15) is 18.9 Å². The van der Waals surface area contributed by atoms with Crippen molar-refractivity contribution in [2.24, 2.45) is 0 Å². The summed E-state index contributed by atoms with van der Waals surface area (Å²) in [5.74, 6) is 0. The molecule has 0 radical (unpaired) electrons. The minimum absolute atomic E-state index is 0.383. The van der Waals surface area contributed by atoms with Gasteiger partial charge in [0.1, 0.15) is 5.54 Å². The Morgan fingerprint density at radius 2 is 2.00 bits per heavy atom. The Kier molecular flexibility index (Phi) is 4.33. The number of methoxy groups -OCH3 is 1. The fraction of sp³-hybridized carbons (Fsp3) is 0.462. The van der Waals surface area contributed by atoms with Crippen LogP contribution in [0.3, 0.4) is 0 Å². The van der Waals surface area contributed by atoms with Crippen molar-refractivity contribution >= 4 is 5.69 Å². The molecule has 1 unspecified atom stereocenters. The second-order valence-electron chi connectivity index (χ2n) is 3.97. The highest BCUT2D eigenvalue weighted by atomic mass is 16.5. The molecule has 0 amide bonds. The molecule has 0 aliphatic carbocycles. The third-order valence-corrected chi connectivity index (χ3v) is 2.64. The predicted octanol–water partition coefficient (Wildman–Crippen LogP) is 2.73. The molecule has 1 aromatic rings. The number of nitriles is 1. The lowest BCUT2D eigenvalue weighted by Gasteiger charge is -2.26. The lowest BCUT2D eigenvalue weighted by Crippen LogP contribution is -2.40. The van der Waals surface area contributed by atoms with Crippen molar-refractivity contribution in [1.82, 2.24) is 0 Å². The molecule has 0 aliphatic heterocycles. The summed E-state index contributed by atoms with van der Waals surface area (Å²) < 4.78 is 5.10. The summed E-state index contributed by atoms with van der Waals surface area (Å²) in [6, 6.07) is 10.3.